The third kappa shape index (κ3) is 3.06. The van der Waals surface area contributed by atoms with E-state index in [2.05, 4.69) is 16.7 Å². The van der Waals surface area contributed by atoms with Gasteiger partial charge in [0.05, 0.1) is 11.1 Å². The summed E-state index contributed by atoms with van der Waals surface area (Å²) in [6.07, 6.45) is 0.636. The molecule has 2 aromatic rings. The van der Waals surface area contributed by atoms with Crippen LogP contribution in [0.3, 0.4) is 0 Å². The van der Waals surface area contributed by atoms with Crippen LogP contribution in [-0.2, 0) is 17.8 Å². The molecule has 0 saturated heterocycles. The summed E-state index contributed by atoms with van der Waals surface area (Å²) in [5.74, 6) is -0.647. The summed E-state index contributed by atoms with van der Waals surface area (Å²) >= 11 is 5.71. The maximum absolute atomic E-state index is 13.1. The fourth-order valence-electron chi connectivity index (χ4n) is 2.44. The highest BCUT2D eigenvalue weighted by atomic mass is 35.5. The minimum Gasteiger partial charge on any atom is -0.325 e. The minimum atomic E-state index is -0.501. The van der Waals surface area contributed by atoms with Gasteiger partial charge < -0.3 is 10.6 Å². The Bertz CT molecular complexity index is 690. The topological polar surface area (TPSA) is 41.1 Å². The number of amides is 1. The van der Waals surface area contributed by atoms with Gasteiger partial charge in [-0.15, -0.1) is 0 Å². The molecule has 0 fully saturated rings. The molecule has 3 nitrogen and oxygen atoms in total. The molecule has 21 heavy (non-hydrogen) atoms. The zero-order valence-corrected chi connectivity index (χ0v) is 12.0. The van der Waals surface area contributed by atoms with Crippen LogP contribution < -0.4 is 10.6 Å². The molecule has 108 valence electrons. The van der Waals surface area contributed by atoms with Crippen LogP contribution in [0.2, 0.25) is 5.02 Å². The first-order valence-corrected chi connectivity index (χ1v) is 7.07. The van der Waals surface area contributed by atoms with Gasteiger partial charge >= 0.3 is 0 Å². The number of anilines is 1. The average Bonchev–Trinajstić information content (AvgIpc) is 2.50. The fraction of sp³-hybridized carbons (Fsp3) is 0.188. The molecule has 0 bridgehead atoms. The van der Waals surface area contributed by atoms with Gasteiger partial charge in [-0.1, -0.05) is 35.9 Å². The Balaban J connectivity index is 1.70. The highest BCUT2D eigenvalue weighted by Gasteiger charge is 2.23. The number of carbonyl (C=O) groups is 1. The van der Waals surface area contributed by atoms with Crippen LogP contribution in [-0.4, -0.2) is 11.9 Å². The number of halogens is 2. The van der Waals surface area contributed by atoms with Gasteiger partial charge in [-0.3, -0.25) is 4.79 Å². The van der Waals surface area contributed by atoms with Crippen molar-refractivity contribution in [3.05, 3.63) is 64.4 Å². The number of nitrogens with one attached hydrogen (secondary N) is 2. The van der Waals surface area contributed by atoms with Crippen LogP contribution in [0.1, 0.15) is 11.1 Å². The van der Waals surface area contributed by atoms with Crippen LogP contribution in [0, 0.1) is 5.82 Å². The third-order valence-electron chi connectivity index (χ3n) is 3.58. The average molecular weight is 305 g/mol. The Morgan fingerprint density at radius 1 is 1.24 bits per heavy atom. The summed E-state index contributed by atoms with van der Waals surface area (Å²) in [5.41, 5.74) is 2.88. The van der Waals surface area contributed by atoms with Crippen molar-refractivity contribution in [1.29, 1.82) is 0 Å². The van der Waals surface area contributed by atoms with Crippen molar-refractivity contribution < 1.29 is 9.18 Å². The van der Waals surface area contributed by atoms with E-state index >= 15 is 0 Å². The Labute approximate surface area is 127 Å². The summed E-state index contributed by atoms with van der Waals surface area (Å²) in [5, 5.41) is 5.96. The van der Waals surface area contributed by atoms with E-state index in [-0.39, 0.29) is 17.0 Å². The molecule has 0 spiro atoms. The van der Waals surface area contributed by atoms with Crippen LogP contribution in [0.25, 0.3) is 0 Å². The fourth-order valence-corrected chi connectivity index (χ4v) is 2.62. The first kappa shape index (κ1) is 14.0. The second-order valence-corrected chi connectivity index (χ2v) is 5.43. The molecule has 3 rings (SSSR count). The summed E-state index contributed by atoms with van der Waals surface area (Å²) in [7, 11) is 0. The Morgan fingerprint density at radius 2 is 2.00 bits per heavy atom. The van der Waals surface area contributed by atoms with Crippen molar-refractivity contribution in [1.82, 2.24) is 5.32 Å². The lowest BCUT2D eigenvalue weighted by atomic mass is 9.95. The molecule has 2 aromatic carbocycles. The summed E-state index contributed by atoms with van der Waals surface area (Å²) in [6.45, 7) is 0.665. The largest absolute Gasteiger partial charge is 0.325 e. The molecule has 1 amide bonds. The Hall–Kier alpha value is -1.91. The predicted octanol–water partition coefficient (Wildman–Crippen LogP) is 3.13. The molecule has 1 aliphatic rings. The van der Waals surface area contributed by atoms with Crippen molar-refractivity contribution in [2.75, 3.05) is 5.32 Å². The monoisotopic (exact) mass is 304 g/mol. The van der Waals surface area contributed by atoms with Gasteiger partial charge in [0.25, 0.3) is 0 Å². The zero-order valence-electron chi connectivity index (χ0n) is 11.2. The lowest BCUT2D eigenvalue weighted by Crippen LogP contribution is -2.44. The Morgan fingerprint density at radius 3 is 2.76 bits per heavy atom. The number of hydrogen-bond donors (Lipinski definition) is 2. The number of carbonyl (C=O) groups excluding carboxylic acids is 1. The molecule has 5 heteroatoms. The SMILES string of the molecule is O=C(Nc1ccc(F)c(Cl)c1)C1Cc2ccccc2CN1. The maximum atomic E-state index is 13.1. The van der Waals surface area contributed by atoms with Crippen molar-refractivity contribution >= 4 is 23.2 Å². The van der Waals surface area contributed by atoms with Gasteiger partial charge in [-0.25, -0.2) is 4.39 Å². The van der Waals surface area contributed by atoms with E-state index < -0.39 is 5.82 Å². The molecule has 2 N–H and O–H groups in total. The normalized spacial score (nSPS) is 17.1. The predicted molar refractivity (Wildman–Crippen MR) is 80.8 cm³/mol. The second-order valence-electron chi connectivity index (χ2n) is 5.02. The number of hydrogen-bond acceptors (Lipinski definition) is 2. The first-order chi connectivity index (χ1) is 10.1. The van der Waals surface area contributed by atoms with E-state index in [9.17, 15) is 9.18 Å². The molecule has 1 atom stereocenters. The van der Waals surface area contributed by atoms with Crippen molar-refractivity contribution in [2.24, 2.45) is 0 Å². The summed E-state index contributed by atoms with van der Waals surface area (Å²) in [4.78, 5) is 12.3. The van der Waals surface area contributed by atoms with Gasteiger partial charge in [0, 0.05) is 12.2 Å². The van der Waals surface area contributed by atoms with Gasteiger partial charge in [-0.2, -0.15) is 0 Å². The van der Waals surface area contributed by atoms with Crippen LogP contribution >= 0.6 is 11.6 Å². The molecule has 0 saturated carbocycles. The molecular formula is C16H14ClFN2O. The van der Waals surface area contributed by atoms with E-state index in [0.29, 0.717) is 18.7 Å². The molecule has 0 radical (unpaired) electrons. The second kappa shape index (κ2) is 5.84. The van der Waals surface area contributed by atoms with Gasteiger partial charge in [0.1, 0.15) is 5.82 Å². The highest BCUT2D eigenvalue weighted by molar-refractivity contribution is 6.31. The van der Waals surface area contributed by atoms with Crippen molar-refractivity contribution in [2.45, 2.75) is 19.0 Å². The molecule has 0 aliphatic carbocycles. The van der Waals surface area contributed by atoms with Gasteiger partial charge in [0.2, 0.25) is 5.91 Å². The van der Waals surface area contributed by atoms with Crippen LogP contribution in [0.4, 0.5) is 10.1 Å². The quantitative estimate of drug-likeness (QED) is 0.895. The lowest BCUT2D eigenvalue weighted by Gasteiger charge is -2.25. The molecule has 1 heterocycles. The van der Waals surface area contributed by atoms with Crippen molar-refractivity contribution in [3.8, 4) is 0 Å². The zero-order chi connectivity index (χ0) is 14.8. The molecule has 0 aromatic heterocycles. The summed E-state index contributed by atoms with van der Waals surface area (Å²) < 4.78 is 13.1. The van der Waals surface area contributed by atoms with Crippen LogP contribution in [0.15, 0.2) is 42.5 Å². The standard InChI is InChI=1S/C16H14ClFN2O/c17-13-8-12(5-6-14(13)18)20-16(21)15-7-10-3-1-2-4-11(10)9-19-15/h1-6,8,15,19H,7,9H2,(H,20,21). The maximum Gasteiger partial charge on any atom is 0.241 e. The van der Waals surface area contributed by atoms with E-state index in [1.54, 1.807) is 0 Å². The third-order valence-corrected chi connectivity index (χ3v) is 3.87. The molecule has 1 aliphatic heterocycles. The molecule has 1 unspecified atom stereocenters. The van der Waals surface area contributed by atoms with Crippen LogP contribution in [0.5, 0.6) is 0 Å². The van der Waals surface area contributed by atoms with E-state index in [1.165, 1.54) is 29.3 Å². The van der Waals surface area contributed by atoms with Gasteiger partial charge in [0.15, 0.2) is 0 Å². The minimum absolute atomic E-state index is 0.00486. The van der Waals surface area contributed by atoms with Crippen molar-refractivity contribution in [3.63, 3.8) is 0 Å². The summed E-state index contributed by atoms with van der Waals surface area (Å²) in [6, 6.07) is 11.9. The lowest BCUT2D eigenvalue weighted by molar-refractivity contribution is -0.118. The first-order valence-electron chi connectivity index (χ1n) is 6.69. The van der Waals surface area contributed by atoms with E-state index in [0.717, 1.165) is 0 Å². The number of rotatable bonds is 2. The molecular weight excluding hydrogens is 291 g/mol. The Kier molecular flexibility index (Phi) is 3.90. The number of benzene rings is 2. The van der Waals surface area contributed by atoms with E-state index in [1.807, 2.05) is 18.2 Å². The number of fused-ring (bicyclic) bond motifs is 1. The van der Waals surface area contributed by atoms with E-state index in [4.69, 9.17) is 11.6 Å². The van der Waals surface area contributed by atoms with Gasteiger partial charge in [-0.05, 0) is 35.7 Å². The smallest absolute Gasteiger partial charge is 0.241 e. The highest BCUT2D eigenvalue weighted by Crippen LogP contribution is 2.21.